The third-order valence-corrected chi connectivity index (χ3v) is 3.91. The highest BCUT2D eigenvalue weighted by Gasteiger charge is 2.13. The van der Waals surface area contributed by atoms with Crippen LogP contribution in [0.3, 0.4) is 0 Å². The molecule has 0 unspecified atom stereocenters. The van der Waals surface area contributed by atoms with Gasteiger partial charge in [0.1, 0.15) is 11.6 Å². The number of alkyl halides is 1. The van der Waals surface area contributed by atoms with Crippen molar-refractivity contribution >= 4 is 38.6 Å². The van der Waals surface area contributed by atoms with Gasteiger partial charge in [-0.15, -0.1) is 11.6 Å². The maximum atomic E-state index is 13.6. The summed E-state index contributed by atoms with van der Waals surface area (Å²) in [6.45, 7) is 5.27. The molecule has 0 saturated carbocycles. The van der Waals surface area contributed by atoms with Crippen LogP contribution in [-0.2, 0) is 13.0 Å². The lowest BCUT2D eigenvalue weighted by Gasteiger charge is -2.10. The Bertz CT molecular complexity index is 580. The lowest BCUT2D eigenvalue weighted by Crippen LogP contribution is -2.07. The van der Waals surface area contributed by atoms with Gasteiger partial charge < -0.3 is 4.57 Å². The number of fused-ring (bicyclic) bond motifs is 1. The zero-order chi connectivity index (χ0) is 14.0. The van der Waals surface area contributed by atoms with Crippen molar-refractivity contribution in [2.24, 2.45) is 5.92 Å². The molecule has 0 amide bonds. The predicted molar refractivity (Wildman–Crippen MR) is 81.3 cm³/mol. The quantitative estimate of drug-likeness (QED) is 0.713. The van der Waals surface area contributed by atoms with Crippen LogP contribution in [0.5, 0.6) is 0 Å². The topological polar surface area (TPSA) is 17.8 Å². The Kier molecular flexibility index (Phi) is 4.85. The van der Waals surface area contributed by atoms with Gasteiger partial charge in [-0.05, 0) is 34.3 Å². The number of halogens is 3. The second-order valence-electron chi connectivity index (χ2n) is 5.06. The van der Waals surface area contributed by atoms with E-state index in [9.17, 15) is 4.39 Å². The number of benzene rings is 1. The van der Waals surface area contributed by atoms with Crippen molar-refractivity contribution in [3.8, 4) is 0 Å². The normalized spacial score (nSPS) is 11.7. The van der Waals surface area contributed by atoms with Gasteiger partial charge in [0, 0.05) is 24.9 Å². The van der Waals surface area contributed by atoms with E-state index in [-0.39, 0.29) is 5.82 Å². The van der Waals surface area contributed by atoms with Crippen LogP contribution in [0.2, 0.25) is 0 Å². The largest absolute Gasteiger partial charge is 0.328 e. The summed E-state index contributed by atoms with van der Waals surface area (Å²) in [5.41, 5.74) is 1.67. The fraction of sp³-hybridized carbons (Fsp3) is 0.500. The number of aryl methyl sites for hydroxylation is 2. The summed E-state index contributed by atoms with van der Waals surface area (Å²) in [6.07, 6.45) is 1.77. The van der Waals surface area contributed by atoms with Crippen molar-refractivity contribution in [1.29, 1.82) is 0 Å². The van der Waals surface area contributed by atoms with E-state index in [4.69, 9.17) is 11.6 Å². The van der Waals surface area contributed by atoms with Gasteiger partial charge in [0.25, 0.3) is 0 Å². The van der Waals surface area contributed by atoms with E-state index in [1.807, 2.05) is 0 Å². The van der Waals surface area contributed by atoms with Gasteiger partial charge in [-0.3, -0.25) is 0 Å². The Hall–Kier alpha value is -0.610. The maximum Gasteiger partial charge on any atom is 0.139 e. The molecule has 0 aliphatic carbocycles. The summed E-state index contributed by atoms with van der Waals surface area (Å²) in [6, 6.07) is 3.28. The summed E-state index contributed by atoms with van der Waals surface area (Å²) < 4.78 is 16.2. The Morgan fingerprint density at radius 3 is 2.79 bits per heavy atom. The molecule has 104 valence electrons. The highest BCUT2D eigenvalue weighted by molar-refractivity contribution is 9.10. The average Bonchev–Trinajstić information content (AvgIpc) is 2.65. The Labute approximate surface area is 126 Å². The fourth-order valence-electron chi connectivity index (χ4n) is 2.08. The molecule has 0 N–H and O–H groups in total. The van der Waals surface area contributed by atoms with Crippen molar-refractivity contribution in [2.75, 3.05) is 5.88 Å². The molecule has 19 heavy (non-hydrogen) atoms. The molecule has 1 aromatic carbocycles. The minimum Gasteiger partial charge on any atom is -0.328 e. The van der Waals surface area contributed by atoms with Crippen molar-refractivity contribution < 1.29 is 4.39 Å². The van der Waals surface area contributed by atoms with Gasteiger partial charge in [-0.2, -0.15) is 0 Å². The van der Waals surface area contributed by atoms with Crippen LogP contribution in [-0.4, -0.2) is 15.4 Å². The van der Waals surface area contributed by atoms with Crippen LogP contribution < -0.4 is 0 Å². The van der Waals surface area contributed by atoms with Gasteiger partial charge in [0.05, 0.1) is 15.5 Å². The van der Waals surface area contributed by atoms with Crippen LogP contribution in [0.25, 0.3) is 11.0 Å². The van der Waals surface area contributed by atoms with Crippen LogP contribution in [0, 0.1) is 11.7 Å². The van der Waals surface area contributed by atoms with E-state index in [1.165, 1.54) is 6.07 Å². The molecule has 1 heterocycles. The first-order valence-corrected chi connectivity index (χ1v) is 7.75. The minimum absolute atomic E-state index is 0.279. The third kappa shape index (κ3) is 3.29. The van der Waals surface area contributed by atoms with E-state index >= 15 is 0 Å². The summed E-state index contributed by atoms with van der Waals surface area (Å²) in [5, 5.41) is 0. The second kappa shape index (κ2) is 6.23. The molecule has 2 rings (SSSR count). The van der Waals surface area contributed by atoms with Gasteiger partial charge >= 0.3 is 0 Å². The summed E-state index contributed by atoms with van der Waals surface area (Å²) in [4.78, 5) is 4.50. The minimum atomic E-state index is -0.279. The standard InChI is InChI=1S/C14H17BrClFN2/c1-9(2)4-6-19-13-7-10(15)11(17)8-12(13)18-14(19)3-5-16/h7-9H,3-6H2,1-2H3. The molecule has 0 bridgehead atoms. The van der Waals surface area contributed by atoms with Gasteiger partial charge in [0.2, 0.25) is 0 Å². The second-order valence-corrected chi connectivity index (χ2v) is 6.29. The number of aromatic nitrogens is 2. The Balaban J connectivity index is 2.48. The molecule has 0 atom stereocenters. The lowest BCUT2D eigenvalue weighted by atomic mass is 10.1. The highest BCUT2D eigenvalue weighted by atomic mass is 79.9. The molecule has 0 spiro atoms. The average molecular weight is 348 g/mol. The summed E-state index contributed by atoms with van der Waals surface area (Å²) in [5.74, 6) is 1.79. The fourth-order valence-corrected chi connectivity index (χ4v) is 2.58. The van der Waals surface area contributed by atoms with Gasteiger partial charge in [-0.1, -0.05) is 13.8 Å². The number of rotatable bonds is 5. The number of imidazole rings is 1. The third-order valence-electron chi connectivity index (χ3n) is 3.12. The Morgan fingerprint density at radius 1 is 1.42 bits per heavy atom. The highest BCUT2D eigenvalue weighted by Crippen LogP contribution is 2.25. The van der Waals surface area contributed by atoms with Crippen molar-refractivity contribution in [3.63, 3.8) is 0 Å². The first-order valence-electron chi connectivity index (χ1n) is 6.43. The molecule has 0 aliphatic heterocycles. The van der Waals surface area contributed by atoms with E-state index in [0.29, 0.717) is 28.2 Å². The number of nitrogens with zero attached hydrogens (tertiary/aromatic N) is 2. The van der Waals surface area contributed by atoms with Crippen LogP contribution in [0.15, 0.2) is 16.6 Å². The van der Waals surface area contributed by atoms with E-state index in [2.05, 4.69) is 39.3 Å². The molecule has 1 aromatic heterocycles. The number of hydrogen-bond acceptors (Lipinski definition) is 1. The first-order chi connectivity index (χ1) is 9.02. The number of hydrogen-bond donors (Lipinski definition) is 0. The van der Waals surface area contributed by atoms with Crippen LogP contribution in [0.4, 0.5) is 4.39 Å². The summed E-state index contributed by atoms with van der Waals surface area (Å²) >= 11 is 9.06. The molecule has 0 fully saturated rings. The first kappa shape index (κ1) is 14.8. The molecular formula is C14H17BrClFN2. The maximum absolute atomic E-state index is 13.6. The predicted octanol–water partition coefficient (Wildman–Crippen LogP) is 4.77. The van der Waals surface area contributed by atoms with E-state index in [1.54, 1.807) is 6.07 Å². The smallest absolute Gasteiger partial charge is 0.139 e. The van der Waals surface area contributed by atoms with Crippen molar-refractivity contribution in [3.05, 3.63) is 28.2 Å². The van der Waals surface area contributed by atoms with Crippen LogP contribution in [0.1, 0.15) is 26.1 Å². The van der Waals surface area contributed by atoms with Crippen molar-refractivity contribution in [2.45, 2.75) is 33.2 Å². The zero-order valence-electron chi connectivity index (χ0n) is 11.1. The lowest BCUT2D eigenvalue weighted by molar-refractivity contribution is 0.513. The monoisotopic (exact) mass is 346 g/mol. The van der Waals surface area contributed by atoms with Gasteiger partial charge in [0.15, 0.2) is 0 Å². The SMILES string of the molecule is CC(C)CCn1c(CCCl)nc2cc(F)c(Br)cc21. The Morgan fingerprint density at radius 2 is 2.16 bits per heavy atom. The zero-order valence-corrected chi connectivity index (χ0v) is 13.4. The molecule has 0 saturated heterocycles. The molecule has 2 nitrogen and oxygen atoms in total. The van der Waals surface area contributed by atoms with E-state index < -0.39 is 0 Å². The molecule has 0 aliphatic rings. The van der Waals surface area contributed by atoms with Crippen molar-refractivity contribution in [1.82, 2.24) is 9.55 Å². The molecule has 2 aromatic rings. The van der Waals surface area contributed by atoms with Gasteiger partial charge in [-0.25, -0.2) is 9.37 Å². The van der Waals surface area contributed by atoms with E-state index in [0.717, 1.165) is 24.3 Å². The van der Waals surface area contributed by atoms with Crippen LogP contribution >= 0.6 is 27.5 Å². The molecule has 0 radical (unpaired) electrons. The summed E-state index contributed by atoms with van der Waals surface area (Å²) in [7, 11) is 0. The molecule has 5 heteroatoms. The molecular weight excluding hydrogens is 331 g/mol.